The summed E-state index contributed by atoms with van der Waals surface area (Å²) in [5.74, 6) is -0.144. The van der Waals surface area contributed by atoms with Crippen LogP contribution in [0.4, 0.5) is 0 Å². The van der Waals surface area contributed by atoms with Crippen LogP contribution in [-0.2, 0) is 14.1 Å². The van der Waals surface area contributed by atoms with Crippen molar-refractivity contribution in [2.24, 2.45) is 11.1 Å². The molecule has 148 valence electrons. The van der Waals surface area contributed by atoms with Gasteiger partial charge in [-0.3, -0.25) is 4.79 Å². The summed E-state index contributed by atoms with van der Waals surface area (Å²) in [5.41, 5.74) is 2.87. The van der Waals surface area contributed by atoms with Gasteiger partial charge in [-0.15, -0.1) is 11.3 Å². The van der Waals surface area contributed by atoms with E-state index in [-0.39, 0.29) is 28.9 Å². The molecule has 0 radical (unpaired) electrons. The summed E-state index contributed by atoms with van der Waals surface area (Å²) < 4.78 is 6.52. The Labute approximate surface area is 171 Å². The minimum absolute atomic E-state index is 0.0913. The first-order valence-electron chi connectivity index (χ1n) is 9.76. The van der Waals surface area contributed by atoms with Crippen molar-refractivity contribution in [2.45, 2.75) is 57.5 Å². The van der Waals surface area contributed by atoms with E-state index < -0.39 is 8.32 Å². The van der Waals surface area contributed by atoms with E-state index >= 15 is 0 Å². The van der Waals surface area contributed by atoms with Gasteiger partial charge in [-0.25, -0.2) is 0 Å². The third-order valence-electron chi connectivity index (χ3n) is 6.25. The molecule has 1 aliphatic heterocycles. The van der Waals surface area contributed by atoms with Crippen LogP contribution in [0, 0.1) is 5.92 Å². The Morgan fingerprint density at radius 2 is 1.82 bits per heavy atom. The largest absolute Gasteiger partial charge is 0.410 e. The molecule has 6 heteroatoms. The average molecular weight is 414 g/mol. The summed E-state index contributed by atoms with van der Waals surface area (Å²) in [5, 5.41) is 6.47. The van der Waals surface area contributed by atoms with Gasteiger partial charge < -0.3 is 9.26 Å². The molecule has 2 aromatic rings. The maximum atomic E-state index is 12.8. The highest BCUT2D eigenvalue weighted by Gasteiger charge is 2.54. The molecule has 0 saturated heterocycles. The highest BCUT2D eigenvalue weighted by atomic mass is 32.1. The van der Waals surface area contributed by atoms with Crippen molar-refractivity contribution in [1.82, 2.24) is 0 Å². The summed E-state index contributed by atoms with van der Waals surface area (Å²) in [4.78, 5) is 19.8. The second-order valence-corrected chi connectivity index (χ2v) is 14.9. The number of ketones is 1. The molecule has 2 heterocycles. The SMILES string of the molecule is CC(C)(C)[Si](C)(C)O[C@H]1CC(=O)[C@@H]2C(c3ccc(-c4cccs4)cc3)=NO[C@@H]21. The molecule has 0 N–H and O–H groups in total. The zero-order chi connectivity index (χ0) is 20.1. The number of carbonyl (C=O) groups is 1. The normalized spacial score (nSPS) is 24.8. The Hall–Kier alpha value is -1.76. The van der Waals surface area contributed by atoms with Crippen LogP contribution in [0.25, 0.3) is 10.4 Å². The minimum atomic E-state index is -1.98. The van der Waals surface area contributed by atoms with Crippen LogP contribution >= 0.6 is 11.3 Å². The van der Waals surface area contributed by atoms with Crippen LogP contribution in [0.15, 0.2) is 46.9 Å². The number of thiophene rings is 1. The molecule has 0 unspecified atom stereocenters. The van der Waals surface area contributed by atoms with Crippen molar-refractivity contribution in [3.05, 3.63) is 47.3 Å². The number of benzene rings is 1. The third-order valence-corrected chi connectivity index (χ3v) is 11.7. The average Bonchev–Trinajstić information content (AvgIpc) is 3.34. The van der Waals surface area contributed by atoms with Crippen LogP contribution in [0.2, 0.25) is 18.1 Å². The van der Waals surface area contributed by atoms with Gasteiger partial charge in [0.2, 0.25) is 0 Å². The van der Waals surface area contributed by atoms with E-state index in [0.29, 0.717) is 6.42 Å². The van der Waals surface area contributed by atoms with Gasteiger partial charge in [0.05, 0.1) is 6.10 Å². The van der Waals surface area contributed by atoms with Crippen molar-refractivity contribution >= 4 is 31.1 Å². The van der Waals surface area contributed by atoms with E-state index in [1.165, 1.54) is 10.4 Å². The van der Waals surface area contributed by atoms with E-state index in [2.05, 4.69) is 62.6 Å². The lowest BCUT2D eigenvalue weighted by Gasteiger charge is -2.39. The highest BCUT2D eigenvalue weighted by Crippen LogP contribution is 2.42. The van der Waals surface area contributed by atoms with Gasteiger partial charge in [-0.05, 0) is 35.1 Å². The van der Waals surface area contributed by atoms with Gasteiger partial charge in [-0.1, -0.05) is 56.3 Å². The molecule has 28 heavy (non-hydrogen) atoms. The predicted octanol–water partition coefficient (Wildman–Crippen LogP) is 5.50. The van der Waals surface area contributed by atoms with Crippen molar-refractivity contribution in [3.63, 3.8) is 0 Å². The topological polar surface area (TPSA) is 47.9 Å². The lowest BCUT2D eigenvalue weighted by atomic mass is 9.93. The van der Waals surface area contributed by atoms with Crippen LogP contribution in [0.3, 0.4) is 0 Å². The summed E-state index contributed by atoms with van der Waals surface area (Å²) >= 11 is 1.72. The monoisotopic (exact) mass is 413 g/mol. The van der Waals surface area contributed by atoms with E-state index in [4.69, 9.17) is 9.26 Å². The molecule has 1 aromatic carbocycles. The van der Waals surface area contributed by atoms with Crippen LogP contribution in [-0.4, -0.2) is 32.0 Å². The van der Waals surface area contributed by atoms with Gasteiger partial charge in [0.1, 0.15) is 17.4 Å². The fraction of sp³-hybridized carbons (Fsp3) is 0.455. The number of carbonyl (C=O) groups excluding carboxylic acids is 1. The first-order chi connectivity index (χ1) is 13.2. The van der Waals surface area contributed by atoms with E-state index in [1.807, 2.05) is 18.2 Å². The van der Waals surface area contributed by atoms with Crippen molar-refractivity contribution in [2.75, 3.05) is 0 Å². The Balaban J connectivity index is 1.53. The van der Waals surface area contributed by atoms with Gasteiger partial charge >= 0.3 is 0 Å². The molecule has 0 bridgehead atoms. The molecule has 0 spiro atoms. The Morgan fingerprint density at radius 3 is 2.43 bits per heavy atom. The summed E-state index contributed by atoms with van der Waals surface area (Å²) in [7, 11) is -1.98. The fourth-order valence-electron chi connectivity index (χ4n) is 3.59. The van der Waals surface area contributed by atoms with Gasteiger partial charge in [-0.2, -0.15) is 0 Å². The second-order valence-electron chi connectivity index (χ2n) is 9.17. The Morgan fingerprint density at radius 1 is 1.14 bits per heavy atom. The standard InChI is InChI=1S/C22H27NO3SSi/c1-22(2,3)28(4,5)26-17-13-16(24)19-20(23-25-21(17)19)15-10-8-14(9-11-15)18-7-6-12-27-18/h6-12,17,19,21H,13H2,1-5H3/t17-,19+,21+/m0/s1. The lowest BCUT2D eigenvalue weighted by molar-refractivity contribution is -0.119. The third kappa shape index (κ3) is 3.38. The molecule has 4 rings (SSSR count). The number of Topliss-reactive ketones (excluding diaryl/α,β-unsaturated/α-hetero) is 1. The fourth-order valence-corrected chi connectivity index (χ4v) is 5.66. The number of rotatable bonds is 4. The quantitative estimate of drug-likeness (QED) is 0.622. The van der Waals surface area contributed by atoms with Crippen molar-refractivity contribution < 1.29 is 14.1 Å². The van der Waals surface area contributed by atoms with Crippen LogP contribution < -0.4 is 0 Å². The maximum Gasteiger partial charge on any atom is 0.192 e. The first kappa shape index (κ1) is 19.5. The zero-order valence-electron chi connectivity index (χ0n) is 17.1. The van der Waals surface area contributed by atoms with E-state index in [0.717, 1.165) is 11.3 Å². The predicted molar refractivity (Wildman–Crippen MR) is 116 cm³/mol. The number of hydrogen-bond acceptors (Lipinski definition) is 5. The molecular weight excluding hydrogens is 386 g/mol. The number of hydrogen-bond donors (Lipinski definition) is 0. The summed E-state index contributed by atoms with van der Waals surface area (Å²) in [6, 6.07) is 12.4. The van der Waals surface area contributed by atoms with E-state index in [9.17, 15) is 4.79 Å². The second kappa shape index (κ2) is 6.93. The smallest absolute Gasteiger partial charge is 0.192 e. The number of fused-ring (bicyclic) bond motifs is 1. The molecule has 1 aromatic heterocycles. The molecule has 0 amide bonds. The van der Waals surface area contributed by atoms with Crippen LogP contribution in [0.5, 0.6) is 0 Å². The van der Waals surface area contributed by atoms with Gasteiger partial charge in [0.25, 0.3) is 0 Å². The highest BCUT2D eigenvalue weighted by molar-refractivity contribution is 7.13. The molecule has 1 aliphatic carbocycles. The summed E-state index contributed by atoms with van der Waals surface area (Å²) in [6.07, 6.45) is -0.0904. The zero-order valence-corrected chi connectivity index (χ0v) is 18.9. The Kier molecular flexibility index (Phi) is 4.84. The van der Waals surface area contributed by atoms with Gasteiger partial charge in [0, 0.05) is 16.9 Å². The van der Waals surface area contributed by atoms with Crippen molar-refractivity contribution in [1.29, 1.82) is 0 Å². The van der Waals surface area contributed by atoms with Gasteiger partial charge in [0.15, 0.2) is 14.4 Å². The number of nitrogens with zero attached hydrogens (tertiary/aromatic N) is 1. The first-order valence-corrected chi connectivity index (χ1v) is 13.5. The molecule has 3 atom stereocenters. The number of oxime groups is 1. The minimum Gasteiger partial charge on any atom is -0.410 e. The van der Waals surface area contributed by atoms with Crippen LogP contribution in [0.1, 0.15) is 32.8 Å². The summed E-state index contributed by atoms with van der Waals surface area (Å²) in [6.45, 7) is 11.1. The molecule has 1 fully saturated rings. The molecule has 4 nitrogen and oxygen atoms in total. The lowest BCUT2D eigenvalue weighted by Crippen LogP contribution is -2.46. The maximum absolute atomic E-state index is 12.8. The molecule has 1 saturated carbocycles. The van der Waals surface area contributed by atoms with E-state index in [1.54, 1.807) is 11.3 Å². The Bertz CT molecular complexity index is 897. The van der Waals surface area contributed by atoms with Crippen molar-refractivity contribution in [3.8, 4) is 10.4 Å². The molecule has 2 aliphatic rings. The molecular formula is C22H27NO3SSi.